The molecule has 1 aliphatic rings. The SMILES string of the molecule is CN=C(NC)NCC(c1ccc(OC)c(OC)c1)N1CCOCC1.I. The second-order valence-electron chi connectivity index (χ2n) is 5.48. The van der Waals surface area contributed by atoms with Crippen molar-refractivity contribution < 1.29 is 14.2 Å². The van der Waals surface area contributed by atoms with Crippen molar-refractivity contribution in [1.82, 2.24) is 15.5 Å². The second-order valence-corrected chi connectivity index (χ2v) is 5.48. The van der Waals surface area contributed by atoms with E-state index >= 15 is 0 Å². The van der Waals surface area contributed by atoms with Crippen LogP contribution >= 0.6 is 24.0 Å². The van der Waals surface area contributed by atoms with Crippen LogP contribution in [0.5, 0.6) is 11.5 Å². The Morgan fingerprint density at radius 1 is 1.24 bits per heavy atom. The first-order chi connectivity index (χ1) is 11.7. The predicted octanol–water partition coefficient (Wildman–Crippen LogP) is 1.49. The number of aliphatic imine (C=N–C) groups is 1. The first-order valence-electron chi connectivity index (χ1n) is 8.15. The summed E-state index contributed by atoms with van der Waals surface area (Å²) in [7, 11) is 6.93. The molecule has 2 rings (SSSR count). The minimum absolute atomic E-state index is 0. The van der Waals surface area contributed by atoms with Crippen LogP contribution in [0.3, 0.4) is 0 Å². The maximum Gasteiger partial charge on any atom is 0.190 e. The van der Waals surface area contributed by atoms with Gasteiger partial charge in [-0.15, -0.1) is 24.0 Å². The van der Waals surface area contributed by atoms with E-state index < -0.39 is 0 Å². The topological polar surface area (TPSA) is 67.4 Å². The van der Waals surface area contributed by atoms with Gasteiger partial charge in [0.05, 0.1) is 33.5 Å². The number of guanidine groups is 1. The maximum absolute atomic E-state index is 5.49. The van der Waals surface area contributed by atoms with Crippen molar-refractivity contribution in [3.63, 3.8) is 0 Å². The fourth-order valence-electron chi connectivity index (χ4n) is 2.88. The number of hydrogen-bond acceptors (Lipinski definition) is 5. The molecular formula is C17H29IN4O3. The van der Waals surface area contributed by atoms with Crippen LogP contribution in [0.15, 0.2) is 23.2 Å². The highest BCUT2D eigenvalue weighted by molar-refractivity contribution is 14.0. The zero-order valence-corrected chi connectivity index (χ0v) is 17.7. The summed E-state index contributed by atoms with van der Waals surface area (Å²) in [5.74, 6) is 2.25. The monoisotopic (exact) mass is 464 g/mol. The Morgan fingerprint density at radius 3 is 2.48 bits per heavy atom. The average molecular weight is 464 g/mol. The number of methoxy groups -OCH3 is 2. The lowest BCUT2D eigenvalue weighted by atomic mass is 10.0. The van der Waals surface area contributed by atoms with E-state index in [-0.39, 0.29) is 30.0 Å². The molecule has 0 aliphatic carbocycles. The number of nitrogens with zero attached hydrogens (tertiary/aromatic N) is 2. The fourth-order valence-corrected chi connectivity index (χ4v) is 2.88. The first-order valence-corrected chi connectivity index (χ1v) is 8.15. The minimum Gasteiger partial charge on any atom is -0.493 e. The molecule has 0 spiro atoms. The summed E-state index contributed by atoms with van der Waals surface area (Å²) in [4.78, 5) is 6.60. The fraction of sp³-hybridized carbons (Fsp3) is 0.588. The number of hydrogen-bond donors (Lipinski definition) is 2. The largest absolute Gasteiger partial charge is 0.493 e. The van der Waals surface area contributed by atoms with Crippen LogP contribution in [0.25, 0.3) is 0 Å². The van der Waals surface area contributed by atoms with Crippen LogP contribution in [-0.2, 0) is 4.74 Å². The van der Waals surface area contributed by atoms with E-state index in [4.69, 9.17) is 14.2 Å². The van der Waals surface area contributed by atoms with Crippen LogP contribution < -0.4 is 20.1 Å². The maximum atomic E-state index is 5.49. The zero-order valence-electron chi connectivity index (χ0n) is 15.4. The molecule has 1 aromatic carbocycles. The lowest BCUT2D eigenvalue weighted by Crippen LogP contribution is -2.45. The number of halogens is 1. The molecule has 1 aliphatic heterocycles. The molecule has 1 saturated heterocycles. The van der Waals surface area contributed by atoms with Gasteiger partial charge in [-0.05, 0) is 17.7 Å². The Morgan fingerprint density at radius 2 is 1.92 bits per heavy atom. The third-order valence-corrected chi connectivity index (χ3v) is 4.20. The number of rotatable bonds is 6. The van der Waals surface area contributed by atoms with Crippen LogP contribution in [-0.4, -0.2) is 72.0 Å². The summed E-state index contributed by atoms with van der Waals surface area (Å²) in [6.07, 6.45) is 0. The second kappa shape index (κ2) is 11.4. The van der Waals surface area contributed by atoms with Crippen molar-refractivity contribution >= 4 is 29.9 Å². The summed E-state index contributed by atoms with van der Waals surface area (Å²) < 4.78 is 16.3. The normalized spacial score (nSPS) is 16.6. The third kappa shape index (κ3) is 5.89. The van der Waals surface area contributed by atoms with Crippen LogP contribution in [0.2, 0.25) is 0 Å². The standard InChI is InChI=1S/C17H28N4O3.HI/c1-18-17(19-2)20-12-14(21-7-9-24-10-8-21)13-5-6-15(22-3)16(11-13)23-4;/h5-6,11,14H,7-10,12H2,1-4H3,(H2,18,19,20);1H. The Hall–Kier alpha value is -1.26. The van der Waals surface area contributed by atoms with Gasteiger partial charge in [0, 0.05) is 33.7 Å². The van der Waals surface area contributed by atoms with Gasteiger partial charge in [0.1, 0.15) is 0 Å². The molecule has 0 amide bonds. The molecule has 1 fully saturated rings. The smallest absolute Gasteiger partial charge is 0.190 e. The van der Waals surface area contributed by atoms with E-state index in [9.17, 15) is 0 Å². The van der Waals surface area contributed by atoms with Crippen LogP contribution in [0.4, 0.5) is 0 Å². The summed E-state index contributed by atoms with van der Waals surface area (Å²) in [5.41, 5.74) is 1.17. The van der Waals surface area contributed by atoms with Gasteiger partial charge in [-0.2, -0.15) is 0 Å². The van der Waals surface area contributed by atoms with E-state index in [0.29, 0.717) is 0 Å². The molecule has 0 aromatic heterocycles. The van der Waals surface area contributed by atoms with Crippen molar-refractivity contribution in [2.75, 3.05) is 61.2 Å². The Labute approximate surface area is 167 Å². The lowest BCUT2D eigenvalue weighted by molar-refractivity contribution is 0.0169. The molecule has 2 N–H and O–H groups in total. The molecule has 7 nitrogen and oxygen atoms in total. The highest BCUT2D eigenvalue weighted by Crippen LogP contribution is 2.32. The minimum atomic E-state index is 0. The van der Waals surface area contributed by atoms with Gasteiger partial charge in [0.15, 0.2) is 17.5 Å². The quantitative estimate of drug-likeness (QED) is 0.378. The molecule has 0 saturated carbocycles. The molecule has 142 valence electrons. The van der Waals surface area contributed by atoms with Gasteiger partial charge >= 0.3 is 0 Å². The van der Waals surface area contributed by atoms with E-state index in [1.165, 1.54) is 5.56 Å². The Balaban J connectivity index is 0.00000312. The van der Waals surface area contributed by atoms with E-state index in [1.807, 2.05) is 19.2 Å². The summed E-state index contributed by atoms with van der Waals surface area (Å²) in [6.45, 7) is 4.05. The van der Waals surface area contributed by atoms with Crippen molar-refractivity contribution in [2.45, 2.75) is 6.04 Å². The molecular weight excluding hydrogens is 435 g/mol. The van der Waals surface area contributed by atoms with Crippen molar-refractivity contribution in [3.8, 4) is 11.5 Å². The van der Waals surface area contributed by atoms with E-state index in [2.05, 4.69) is 26.6 Å². The molecule has 1 atom stereocenters. The molecule has 0 bridgehead atoms. The summed E-state index contributed by atoms with van der Waals surface area (Å²) in [6, 6.07) is 6.28. The van der Waals surface area contributed by atoms with Crippen molar-refractivity contribution in [2.24, 2.45) is 4.99 Å². The van der Waals surface area contributed by atoms with E-state index in [0.717, 1.165) is 50.3 Å². The van der Waals surface area contributed by atoms with Crippen LogP contribution in [0.1, 0.15) is 11.6 Å². The van der Waals surface area contributed by atoms with Gasteiger partial charge < -0.3 is 24.8 Å². The Bertz CT molecular complexity index is 551. The number of nitrogens with one attached hydrogen (secondary N) is 2. The summed E-state index contributed by atoms with van der Waals surface area (Å²) in [5, 5.41) is 6.42. The predicted molar refractivity (Wildman–Crippen MR) is 111 cm³/mol. The summed E-state index contributed by atoms with van der Waals surface area (Å²) >= 11 is 0. The highest BCUT2D eigenvalue weighted by Gasteiger charge is 2.24. The molecule has 25 heavy (non-hydrogen) atoms. The van der Waals surface area contributed by atoms with E-state index in [1.54, 1.807) is 21.3 Å². The van der Waals surface area contributed by atoms with Gasteiger partial charge in [-0.1, -0.05) is 6.07 Å². The van der Waals surface area contributed by atoms with Crippen molar-refractivity contribution in [1.29, 1.82) is 0 Å². The van der Waals surface area contributed by atoms with Gasteiger partial charge in [0.2, 0.25) is 0 Å². The molecule has 1 heterocycles. The lowest BCUT2D eigenvalue weighted by Gasteiger charge is -2.35. The molecule has 1 aromatic rings. The first kappa shape index (κ1) is 21.8. The average Bonchev–Trinajstić information content (AvgIpc) is 2.65. The van der Waals surface area contributed by atoms with Crippen LogP contribution in [0, 0.1) is 0 Å². The number of ether oxygens (including phenoxy) is 3. The number of morpholine rings is 1. The highest BCUT2D eigenvalue weighted by atomic mass is 127. The molecule has 0 radical (unpaired) electrons. The third-order valence-electron chi connectivity index (χ3n) is 4.20. The van der Waals surface area contributed by atoms with Crippen molar-refractivity contribution in [3.05, 3.63) is 23.8 Å². The Kier molecular flexibility index (Phi) is 9.91. The molecule has 8 heteroatoms. The van der Waals surface area contributed by atoms with Gasteiger partial charge in [0.25, 0.3) is 0 Å². The zero-order chi connectivity index (χ0) is 17.4. The van der Waals surface area contributed by atoms with Gasteiger partial charge in [-0.25, -0.2) is 0 Å². The van der Waals surface area contributed by atoms with Gasteiger partial charge in [-0.3, -0.25) is 9.89 Å². The molecule has 1 unspecified atom stereocenters. The number of benzene rings is 1.